The molecule has 0 aliphatic carbocycles. The molecule has 16 heavy (non-hydrogen) atoms. The van der Waals surface area contributed by atoms with Crippen molar-refractivity contribution in [3.8, 4) is 0 Å². The molecule has 0 aromatic carbocycles. The van der Waals surface area contributed by atoms with Gasteiger partial charge in [0.1, 0.15) is 5.76 Å². The number of rotatable bonds is 3. The van der Waals surface area contributed by atoms with Crippen LogP contribution >= 0.6 is 0 Å². The van der Waals surface area contributed by atoms with Crippen LogP contribution < -0.4 is 0 Å². The van der Waals surface area contributed by atoms with Crippen molar-refractivity contribution < 1.29 is 18.7 Å². The van der Waals surface area contributed by atoms with Gasteiger partial charge in [-0.25, -0.2) is 0 Å². The SMILES string of the molecule is COC(=O)C(C)(C)C1(c2ccco2)COC1. The molecular formula is C12H16O4. The molecule has 1 aliphatic heterocycles. The maximum absolute atomic E-state index is 11.8. The third-order valence-electron chi connectivity index (χ3n) is 3.58. The number of carbonyl (C=O) groups excluding carboxylic acids is 1. The van der Waals surface area contributed by atoms with E-state index in [-0.39, 0.29) is 5.97 Å². The summed E-state index contributed by atoms with van der Waals surface area (Å²) in [7, 11) is 1.40. The predicted molar refractivity (Wildman–Crippen MR) is 57.0 cm³/mol. The Morgan fingerprint density at radius 1 is 1.50 bits per heavy atom. The number of hydrogen-bond acceptors (Lipinski definition) is 4. The molecule has 2 rings (SSSR count). The van der Waals surface area contributed by atoms with Crippen LogP contribution in [-0.4, -0.2) is 26.3 Å². The van der Waals surface area contributed by atoms with E-state index in [4.69, 9.17) is 13.9 Å². The Bertz CT molecular complexity index is 374. The lowest BCUT2D eigenvalue weighted by molar-refractivity contribution is -0.177. The van der Waals surface area contributed by atoms with Crippen LogP contribution in [0, 0.1) is 5.41 Å². The third kappa shape index (κ3) is 1.29. The van der Waals surface area contributed by atoms with Gasteiger partial charge in [-0.05, 0) is 26.0 Å². The largest absolute Gasteiger partial charge is 0.469 e. The van der Waals surface area contributed by atoms with Crippen LogP contribution in [-0.2, 0) is 19.7 Å². The van der Waals surface area contributed by atoms with Crippen LogP contribution in [0.25, 0.3) is 0 Å². The first-order valence-corrected chi connectivity index (χ1v) is 5.25. The van der Waals surface area contributed by atoms with Crippen molar-refractivity contribution in [2.24, 2.45) is 5.41 Å². The monoisotopic (exact) mass is 224 g/mol. The number of esters is 1. The Hall–Kier alpha value is -1.29. The second-order valence-corrected chi connectivity index (χ2v) is 4.67. The van der Waals surface area contributed by atoms with E-state index in [0.29, 0.717) is 13.2 Å². The van der Waals surface area contributed by atoms with Crippen molar-refractivity contribution >= 4 is 5.97 Å². The van der Waals surface area contributed by atoms with Gasteiger partial charge in [0, 0.05) is 0 Å². The molecule has 0 bridgehead atoms. The smallest absolute Gasteiger partial charge is 0.312 e. The fraction of sp³-hybridized carbons (Fsp3) is 0.583. The van der Waals surface area contributed by atoms with Gasteiger partial charge in [-0.3, -0.25) is 4.79 Å². The van der Waals surface area contributed by atoms with Gasteiger partial charge in [0.2, 0.25) is 0 Å². The van der Waals surface area contributed by atoms with Gasteiger partial charge in [-0.15, -0.1) is 0 Å². The standard InChI is InChI=1S/C12H16O4/c1-11(2,10(13)14-3)12(7-15-8-12)9-5-4-6-16-9/h4-6H,7-8H2,1-3H3. The van der Waals surface area contributed by atoms with Crippen LogP contribution in [0.5, 0.6) is 0 Å². The molecule has 1 fully saturated rings. The summed E-state index contributed by atoms with van der Waals surface area (Å²) in [6, 6.07) is 3.70. The quantitative estimate of drug-likeness (QED) is 0.734. The summed E-state index contributed by atoms with van der Waals surface area (Å²) >= 11 is 0. The topological polar surface area (TPSA) is 48.7 Å². The minimum atomic E-state index is -0.655. The molecule has 1 aromatic heterocycles. The van der Waals surface area contributed by atoms with Gasteiger partial charge in [0.25, 0.3) is 0 Å². The van der Waals surface area contributed by atoms with Gasteiger partial charge < -0.3 is 13.9 Å². The van der Waals surface area contributed by atoms with Crippen molar-refractivity contribution in [3.63, 3.8) is 0 Å². The fourth-order valence-electron chi connectivity index (χ4n) is 2.12. The number of ether oxygens (including phenoxy) is 2. The first kappa shape index (κ1) is 11.2. The molecule has 0 saturated carbocycles. The lowest BCUT2D eigenvalue weighted by Gasteiger charge is -2.48. The Kier molecular flexibility index (Phi) is 2.54. The zero-order chi connectivity index (χ0) is 11.8. The summed E-state index contributed by atoms with van der Waals surface area (Å²) in [4.78, 5) is 11.8. The summed E-state index contributed by atoms with van der Waals surface area (Å²) in [5.41, 5.74) is -1.05. The predicted octanol–water partition coefficient (Wildman–Crippen LogP) is 1.75. The zero-order valence-corrected chi connectivity index (χ0v) is 9.78. The second kappa shape index (κ2) is 3.63. The van der Waals surface area contributed by atoms with Crippen LogP contribution in [0.3, 0.4) is 0 Å². The maximum atomic E-state index is 11.8. The molecule has 1 aromatic rings. The second-order valence-electron chi connectivity index (χ2n) is 4.67. The normalized spacial score (nSPS) is 18.9. The highest BCUT2D eigenvalue weighted by Crippen LogP contribution is 2.48. The molecule has 0 amide bonds. The number of methoxy groups -OCH3 is 1. The molecule has 0 unspecified atom stereocenters. The summed E-state index contributed by atoms with van der Waals surface area (Å²) in [6.45, 7) is 4.71. The van der Waals surface area contributed by atoms with E-state index < -0.39 is 10.8 Å². The molecule has 0 atom stereocenters. The van der Waals surface area contributed by atoms with E-state index in [1.165, 1.54) is 7.11 Å². The van der Waals surface area contributed by atoms with E-state index in [0.717, 1.165) is 5.76 Å². The zero-order valence-electron chi connectivity index (χ0n) is 9.78. The Labute approximate surface area is 94.5 Å². The highest BCUT2D eigenvalue weighted by atomic mass is 16.5. The van der Waals surface area contributed by atoms with Crippen molar-refractivity contribution in [2.45, 2.75) is 19.3 Å². The Morgan fingerprint density at radius 2 is 2.19 bits per heavy atom. The molecule has 2 heterocycles. The van der Waals surface area contributed by atoms with E-state index in [1.54, 1.807) is 6.26 Å². The Balaban J connectivity index is 2.39. The molecule has 4 heteroatoms. The minimum absolute atomic E-state index is 0.243. The van der Waals surface area contributed by atoms with Crippen LogP contribution in [0.1, 0.15) is 19.6 Å². The number of furan rings is 1. The maximum Gasteiger partial charge on any atom is 0.312 e. The summed E-state index contributed by atoms with van der Waals surface area (Å²) in [5, 5.41) is 0. The highest BCUT2D eigenvalue weighted by Gasteiger charge is 2.58. The summed E-state index contributed by atoms with van der Waals surface area (Å²) in [6.07, 6.45) is 1.61. The first-order chi connectivity index (χ1) is 7.54. The van der Waals surface area contributed by atoms with Crippen molar-refractivity contribution in [1.82, 2.24) is 0 Å². The third-order valence-corrected chi connectivity index (χ3v) is 3.58. The molecule has 88 valence electrons. The van der Waals surface area contributed by atoms with E-state index in [1.807, 2.05) is 26.0 Å². The molecule has 0 N–H and O–H groups in total. The molecule has 0 radical (unpaired) electrons. The summed E-state index contributed by atoms with van der Waals surface area (Å²) < 4.78 is 15.6. The van der Waals surface area contributed by atoms with E-state index in [9.17, 15) is 4.79 Å². The average Bonchev–Trinajstić information content (AvgIpc) is 2.67. The van der Waals surface area contributed by atoms with Gasteiger partial charge in [0.05, 0.1) is 37.4 Å². The lowest BCUT2D eigenvalue weighted by Crippen LogP contribution is -2.59. The molecule has 0 spiro atoms. The average molecular weight is 224 g/mol. The fourth-order valence-corrected chi connectivity index (χ4v) is 2.12. The van der Waals surface area contributed by atoms with Crippen LogP contribution in [0.2, 0.25) is 0 Å². The lowest BCUT2D eigenvalue weighted by atomic mass is 9.62. The van der Waals surface area contributed by atoms with Crippen LogP contribution in [0.4, 0.5) is 0 Å². The Morgan fingerprint density at radius 3 is 2.56 bits per heavy atom. The van der Waals surface area contributed by atoms with Crippen molar-refractivity contribution in [3.05, 3.63) is 24.2 Å². The highest BCUT2D eigenvalue weighted by molar-refractivity contribution is 5.78. The van der Waals surface area contributed by atoms with Gasteiger partial charge in [-0.1, -0.05) is 0 Å². The number of hydrogen-bond donors (Lipinski definition) is 0. The van der Waals surface area contributed by atoms with E-state index >= 15 is 0 Å². The summed E-state index contributed by atoms with van der Waals surface area (Å²) in [5.74, 6) is 0.543. The van der Waals surface area contributed by atoms with Gasteiger partial charge >= 0.3 is 5.97 Å². The molecule has 4 nitrogen and oxygen atoms in total. The molecular weight excluding hydrogens is 208 g/mol. The van der Waals surface area contributed by atoms with Gasteiger partial charge in [-0.2, -0.15) is 0 Å². The van der Waals surface area contributed by atoms with E-state index in [2.05, 4.69) is 0 Å². The molecule has 1 aliphatic rings. The molecule has 1 saturated heterocycles. The first-order valence-electron chi connectivity index (χ1n) is 5.25. The van der Waals surface area contributed by atoms with Crippen LogP contribution in [0.15, 0.2) is 22.8 Å². The minimum Gasteiger partial charge on any atom is -0.469 e. The number of carbonyl (C=O) groups is 1. The van der Waals surface area contributed by atoms with Gasteiger partial charge in [0.15, 0.2) is 0 Å². The van der Waals surface area contributed by atoms with Crippen molar-refractivity contribution in [2.75, 3.05) is 20.3 Å². The van der Waals surface area contributed by atoms with Crippen molar-refractivity contribution in [1.29, 1.82) is 0 Å².